The first kappa shape index (κ1) is 18.8. The lowest BCUT2D eigenvalue weighted by Gasteiger charge is -2.23. The van der Waals surface area contributed by atoms with Crippen LogP contribution >= 0.6 is 0 Å². The Hall–Kier alpha value is -2.24. The minimum absolute atomic E-state index is 0.0314. The van der Waals surface area contributed by atoms with Gasteiger partial charge in [0.25, 0.3) is 0 Å². The number of urea groups is 1. The highest BCUT2D eigenvalue weighted by atomic mass is 16.5. The van der Waals surface area contributed by atoms with Gasteiger partial charge in [-0.1, -0.05) is 18.2 Å². The molecule has 1 aromatic carbocycles. The molecule has 3 amide bonds. The Morgan fingerprint density at radius 2 is 1.83 bits per heavy atom. The third kappa shape index (κ3) is 8.70. The molecule has 0 spiro atoms. The number of carbonyl (C=O) groups excluding carboxylic acids is 2. The Balaban J connectivity index is 2.16. The number of ether oxygens (including phenoxy) is 1. The molecule has 0 saturated heterocycles. The van der Waals surface area contributed by atoms with Gasteiger partial charge in [0.2, 0.25) is 5.91 Å². The van der Waals surface area contributed by atoms with E-state index in [4.69, 9.17) is 4.74 Å². The van der Waals surface area contributed by atoms with E-state index in [2.05, 4.69) is 10.6 Å². The van der Waals surface area contributed by atoms with Crippen molar-refractivity contribution in [2.24, 2.45) is 0 Å². The van der Waals surface area contributed by atoms with E-state index >= 15 is 0 Å². The van der Waals surface area contributed by atoms with E-state index in [0.29, 0.717) is 19.6 Å². The molecule has 128 valence electrons. The minimum Gasteiger partial charge on any atom is -0.494 e. The maximum atomic E-state index is 11.9. The predicted molar refractivity (Wildman–Crippen MR) is 90.5 cm³/mol. The summed E-state index contributed by atoms with van der Waals surface area (Å²) in [6.07, 6.45) is 0.697. The molecule has 6 heteroatoms. The monoisotopic (exact) mass is 321 g/mol. The Bertz CT molecular complexity index is 498. The number of hydrogen-bond acceptors (Lipinski definition) is 3. The van der Waals surface area contributed by atoms with Crippen molar-refractivity contribution in [3.63, 3.8) is 0 Å². The van der Waals surface area contributed by atoms with Gasteiger partial charge in [0.1, 0.15) is 12.3 Å². The van der Waals surface area contributed by atoms with Gasteiger partial charge in [-0.05, 0) is 39.3 Å². The molecule has 1 aromatic rings. The van der Waals surface area contributed by atoms with Crippen LogP contribution in [0.5, 0.6) is 5.75 Å². The van der Waals surface area contributed by atoms with E-state index in [1.807, 2.05) is 51.1 Å². The lowest BCUT2D eigenvalue weighted by atomic mass is 10.1. The molecule has 0 atom stereocenters. The highest BCUT2D eigenvalue weighted by molar-refractivity contribution is 5.84. The first-order chi connectivity index (χ1) is 10.8. The van der Waals surface area contributed by atoms with E-state index < -0.39 is 0 Å². The van der Waals surface area contributed by atoms with Crippen LogP contribution in [0.3, 0.4) is 0 Å². The van der Waals surface area contributed by atoms with E-state index in [1.54, 1.807) is 7.05 Å². The van der Waals surface area contributed by atoms with Crippen LogP contribution in [0.15, 0.2) is 30.3 Å². The molecule has 0 aliphatic heterocycles. The van der Waals surface area contributed by atoms with Gasteiger partial charge in [0, 0.05) is 19.1 Å². The van der Waals surface area contributed by atoms with Gasteiger partial charge in [-0.2, -0.15) is 0 Å². The van der Waals surface area contributed by atoms with Crippen molar-refractivity contribution < 1.29 is 14.3 Å². The summed E-state index contributed by atoms with van der Waals surface area (Å²) in [5.41, 5.74) is -0.302. The molecule has 0 saturated carbocycles. The van der Waals surface area contributed by atoms with Crippen molar-refractivity contribution in [2.45, 2.75) is 32.7 Å². The van der Waals surface area contributed by atoms with Gasteiger partial charge >= 0.3 is 6.03 Å². The fourth-order valence-corrected chi connectivity index (χ4v) is 1.85. The Labute approximate surface area is 138 Å². The van der Waals surface area contributed by atoms with Gasteiger partial charge in [0.05, 0.1) is 6.61 Å². The highest BCUT2D eigenvalue weighted by Gasteiger charge is 2.17. The standard InChI is InChI=1S/C17H27N3O3/c1-17(2,3)19-15(21)13-20(4)16(22)18-11-8-12-23-14-9-6-5-7-10-14/h5-7,9-10H,8,11-13H2,1-4H3,(H,18,22)(H,19,21). The van der Waals surface area contributed by atoms with Crippen molar-refractivity contribution >= 4 is 11.9 Å². The second kappa shape index (κ2) is 9.02. The average Bonchev–Trinajstić information content (AvgIpc) is 2.45. The third-order valence-corrected chi connectivity index (χ3v) is 2.85. The van der Waals surface area contributed by atoms with Crippen molar-refractivity contribution in [3.8, 4) is 5.75 Å². The lowest BCUT2D eigenvalue weighted by Crippen LogP contribution is -2.48. The molecule has 0 fully saturated rings. The Morgan fingerprint density at radius 3 is 2.43 bits per heavy atom. The number of para-hydroxylation sites is 1. The molecular weight excluding hydrogens is 294 g/mol. The summed E-state index contributed by atoms with van der Waals surface area (Å²) in [5.74, 6) is 0.636. The van der Waals surface area contributed by atoms with Gasteiger partial charge < -0.3 is 20.3 Å². The topological polar surface area (TPSA) is 70.7 Å². The number of likely N-dealkylation sites (N-methyl/N-ethyl adjacent to an activating group) is 1. The van der Waals surface area contributed by atoms with Gasteiger partial charge in [-0.15, -0.1) is 0 Å². The minimum atomic E-state index is -0.302. The summed E-state index contributed by atoms with van der Waals surface area (Å²) in [5, 5.41) is 5.58. The fourth-order valence-electron chi connectivity index (χ4n) is 1.85. The van der Waals surface area contributed by atoms with Crippen LogP contribution in [0.2, 0.25) is 0 Å². The zero-order valence-corrected chi connectivity index (χ0v) is 14.4. The van der Waals surface area contributed by atoms with Crippen LogP contribution in [0.25, 0.3) is 0 Å². The number of nitrogens with zero attached hydrogens (tertiary/aromatic N) is 1. The molecule has 0 bridgehead atoms. The van der Waals surface area contributed by atoms with Crippen LogP contribution in [0.4, 0.5) is 4.79 Å². The molecule has 0 unspecified atom stereocenters. The number of carbonyl (C=O) groups is 2. The van der Waals surface area contributed by atoms with Crippen molar-refractivity contribution in [2.75, 3.05) is 26.7 Å². The van der Waals surface area contributed by atoms with Crippen LogP contribution < -0.4 is 15.4 Å². The molecule has 0 radical (unpaired) electrons. The predicted octanol–water partition coefficient (Wildman–Crippen LogP) is 2.01. The molecule has 1 rings (SSSR count). The van der Waals surface area contributed by atoms with Gasteiger partial charge in [-0.25, -0.2) is 4.79 Å². The number of benzene rings is 1. The van der Waals surface area contributed by atoms with E-state index in [0.717, 1.165) is 5.75 Å². The van der Waals surface area contributed by atoms with Gasteiger partial charge in [-0.3, -0.25) is 4.79 Å². The second-order valence-electron chi connectivity index (χ2n) is 6.40. The molecule has 0 heterocycles. The number of rotatable bonds is 7. The zero-order chi connectivity index (χ0) is 17.3. The number of hydrogen-bond donors (Lipinski definition) is 2. The first-order valence-electron chi connectivity index (χ1n) is 7.76. The van der Waals surface area contributed by atoms with Crippen LogP contribution in [0, 0.1) is 0 Å². The summed E-state index contributed by atoms with van der Waals surface area (Å²) < 4.78 is 5.54. The Kier molecular flexibility index (Phi) is 7.38. The zero-order valence-electron chi connectivity index (χ0n) is 14.4. The third-order valence-electron chi connectivity index (χ3n) is 2.85. The van der Waals surface area contributed by atoms with Crippen LogP contribution in [0.1, 0.15) is 27.2 Å². The maximum absolute atomic E-state index is 11.9. The van der Waals surface area contributed by atoms with E-state index in [-0.39, 0.29) is 24.0 Å². The number of nitrogens with one attached hydrogen (secondary N) is 2. The summed E-state index contributed by atoms with van der Waals surface area (Å²) in [6, 6.07) is 9.26. The largest absolute Gasteiger partial charge is 0.494 e. The highest BCUT2D eigenvalue weighted by Crippen LogP contribution is 2.08. The second-order valence-corrected chi connectivity index (χ2v) is 6.40. The summed E-state index contributed by atoms with van der Waals surface area (Å²) in [4.78, 5) is 25.0. The lowest BCUT2D eigenvalue weighted by molar-refractivity contribution is -0.122. The Morgan fingerprint density at radius 1 is 1.17 bits per heavy atom. The van der Waals surface area contributed by atoms with Crippen LogP contribution in [-0.4, -0.2) is 49.1 Å². The summed E-state index contributed by atoms with van der Waals surface area (Å²) in [7, 11) is 1.60. The van der Waals surface area contributed by atoms with Crippen molar-refractivity contribution in [1.82, 2.24) is 15.5 Å². The molecule has 23 heavy (non-hydrogen) atoms. The van der Waals surface area contributed by atoms with Crippen molar-refractivity contribution in [3.05, 3.63) is 30.3 Å². The molecule has 2 N–H and O–H groups in total. The molecule has 0 aromatic heterocycles. The normalized spacial score (nSPS) is 10.8. The smallest absolute Gasteiger partial charge is 0.317 e. The maximum Gasteiger partial charge on any atom is 0.317 e. The average molecular weight is 321 g/mol. The van der Waals surface area contributed by atoms with Crippen molar-refractivity contribution in [1.29, 1.82) is 0 Å². The summed E-state index contributed by atoms with van der Waals surface area (Å²) in [6.45, 7) is 6.76. The molecular formula is C17H27N3O3. The first-order valence-corrected chi connectivity index (χ1v) is 7.76. The van der Waals surface area contributed by atoms with E-state index in [1.165, 1.54) is 4.90 Å². The van der Waals surface area contributed by atoms with Gasteiger partial charge in [0.15, 0.2) is 0 Å². The number of amides is 3. The molecule has 0 aliphatic carbocycles. The molecule has 0 aliphatic rings. The van der Waals surface area contributed by atoms with Crippen LogP contribution in [-0.2, 0) is 4.79 Å². The van der Waals surface area contributed by atoms with E-state index in [9.17, 15) is 9.59 Å². The fraction of sp³-hybridized carbons (Fsp3) is 0.529. The molecule has 6 nitrogen and oxygen atoms in total. The quantitative estimate of drug-likeness (QED) is 0.755. The summed E-state index contributed by atoms with van der Waals surface area (Å²) >= 11 is 0. The SMILES string of the molecule is CN(CC(=O)NC(C)(C)C)C(=O)NCCCOc1ccccc1.